The Morgan fingerprint density at radius 3 is 2.56 bits per heavy atom. The van der Waals surface area contributed by atoms with E-state index < -0.39 is 0 Å². The van der Waals surface area contributed by atoms with Crippen LogP contribution in [-0.2, 0) is 0 Å². The van der Waals surface area contributed by atoms with E-state index in [2.05, 4.69) is 20.0 Å². The molecule has 0 saturated heterocycles. The number of ether oxygens (including phenoxy) is 1. The fourth-order valence-electron chi connectivity index (χ4n) is 2.19. The van der Waals surface area contributed by atoms with Crippen molar-refractivity contribution in [3.05, 3.63) is 60.2 Å². The molecular formula is C18H18N4O2S. The van der Waals surface area contributed by atoms with Crippen molar-refractivity contribution in [3.8, 4) is 17.1 Å². The third kappa shape index (κ3) is 4.54. The van der Waals surface area contributed by atoms with Crippen molar-refractivity contribution in [2.75, 3.05) is 25.5 Å². The van der Waals surface area contributed by atoms with E-state index in [-0.39, 0.29) is 5.91 Å². The molecule has 2 aromatic carbocycles. The molecular weight excluding hydrogens is 336 g/mol. The number of carbonyl (C=O) groups is 1. The van der Waals surface area contributed by atoms with Crippen LogP contribution in [0.1, 0.15) is 10.4 Å². The van der Waals surface area contributed by atoms with Crippen molar-refractivity contribution in [2.45, 2.75) is 0 Å². The van der Waals surface area contributed by atoms with E-state index in [4.69, 9.17) is 4.74 Å². The molecule has 0 aliphatic rings. The Labute approximate surface area is 150 Å². The number of hydrogen-bond donors (Lipinski definition) is 2. The van der Waals surface area contributed by atoms with E-state index >= 15 is 0 Å². The number of hydrogen-bond acceptors (Lipinski definition) is 6. The van der Waals surface area contributed by atoms with Gasteiger partial charge in [-0.2, -0.15) is 9.36 Å². The first-order chi connectivity index (χ1) is 12.3. The highest BCUT2D eigenvalue weighted by molar-refractivity contribution is 7.09. The molecule has 3 aromatic rings. The van der Waals surface area contributed by atoms with Gasteiger partial charge in [0.25, 0.3) is 5.91 Å². The number of aromatic nitrogens is 2. The SMILES string of the molecule is COc1ccc(C(=O)NCCNc2nc(-c3ccccc3)ns2)cc1. The summed E-state index contributed by atoms with van der Waals surface area (Å²) >= 11 is 1.30. The summed E-state index contributed by atoms with van der Waals surface area (Å²) < 4.78 is 9.41. The summed E-state index contributed by atoms with van der Waals surface area (Å²) in [5.41, 5.74) is 1.59. The zero-order valence-electron chi connectivity index (χ0n) is 13.7. The number of nitrogens with zero attached hydrogens (tertiary/aromatic N) is 2. The fraction of sp³-hybridized carbons (Fsp3) is 0.167. The van der Waals surface area contributed by atoms with Gasteiger partial charge in [0.1, 0.15) is 5.75 Å². The van der Waals surface area contributed by atoms with Gasteiger partial charge in [-0.25, -0.2) is 0 Å². The van der Waals surface area contributed by atoms with Crippen molar-refractivity contribution in [1.82, 2.24) is 14.7 Å². The fourth-order valence-corrected chi connectivity index (χ4v) is 2.80. The molecule has 7 heteroatoms. The molecule has 0 atom stereocenters. The van der Waals surface area contributed by atoms with E-state index in [9.17, 15) is 4.79 Å². The summed E-state index contributed by atoms with van der Waals surface area (Å²) in [6.07, 6.45) is 0. The maximum Gasteiger partial charge on any atom is 0.251 e. The van der Waals surface area contributed by atoms with E-state index in [0.29, 0.717) is 24.5 Å². The molecule has 6 nitrogen and oxygen atoms in total. The summed E-state index contributed by atoms with van der Waals surface area (Å²) in [6, 6.07) is 16.8. The number of methoxy groups -OCH3 is 1. The average Bonchev–Trinajstić information content (AvgIpc) is 3.15. The Bertz CT molecular complexity index is 819. The highest BCUT2D eigenvalue weighted by atomic mass is 32.1. The monoisotopic (exact) mass is 354 g/mol. The molecule has 2 N–H and O–H groups in total. The molecule has 128 valence electrons. The normalized spacial score (nSPS) is 10.3. The van der Waals surface area contributed by atoms with Crippen LogP contribution in [0, 0.1) is 0 Å². The van der Waals surface area contributed by atoms with Crippen molar-refractivity contribution in [3.63, 3.8) is 0 Å². The number of rotatable bonds is 7. The third-order valence-electron chi connectivity index (χ3n) is 3.50. The topological polar surface area (TPSA) is 76.1 Å². The lowest BCUT2D eigenvalue weighted by atomic mass is 10.2. The zero-order valence-corrected chi connectivity index (χ0v) is 14.5. The van der Waals surface area contributed by atoms with Gasteiger partial charge < -0.3 is 15.4 Å². The first-order valence-corrected chi connectivity index (χ1v) is 8.59. The summed E-state index contributed by atoms with van der Waals surface area (Å²) in [5, 5.41) is 6.76. The van der Waals surface area contributed by atoms with Gasteiger partial charge in [-0.1, -0.05) is 30.3 Å². The number of nitrogens with one attached hydrogen (secondary N) is 2. The molecule has 0 aliphatic heterocycles. The molecule has 1 amide bonds. The molecule has 0 unspecified atom stereocenters. The van der Waals surface area contributed by atoms with Gasteiger partial charge >= 0.3 is 0 Å². The van der Waals surface area contributed by atoms with E-state index in [1.807, 2.05) is 30.3 Å². The highest BCUT2D eigenvalue weighted by Crippen LogP contribution is 2.20. The minimum absolute atomic E-state index is 0.119. The van der Waals surface area contributed by atoms with Gasteiger partial charge in [0.15, 0.2) is 5.82 Å². The molecule has 25 heavy (non-hydrogen) atoms. The predicted octanol–water partition coefficient (Wildman–Crippen LogP) is 3.06. The molecule has 0 saturated carbocycles. The van der Waals surface area contributed by atoms with Crippen molar-refractivity contribution in [1.29, 1.82) is 0 Å². The lowest BCUT2D eigenvalue weighted by Gasteiger charge is -2.06. The molecule has 0 aliphatic carbocycles. The summed E-state index contributed by atoms with van der Waals surface area (Å²) in [4.78, 5) is 16.5. The van der Waals surface area contributed by atoms with E-state index in [1.165, 1.54) is 11.5 Å². The van der Waals surface area contributed by atoms with Gasteiger partial charge in [-0.05, 0) is 24.3 Å². The second-order valence-electron chi connectivity index (χ2n) is 5.20. The van der Waals surface area contributed by atoms with Gasteiger partial charge in [0.2, 0.25) is 5.13 Å². The second kappa shape index (κ2) is 8.25. The van der Waals surface area contributed by atoms with Crippen LogP contribution in [-0.4, -0.2) is 35.5 Å². The minimum Gasteiger partial charge on any atom is -0.497 e. The number of benzene rings is 2. The molecule has 0 radical (unpaired) electrons. The van der Waals surface area contributed by atoms with Crippen LogP contribution in [0.4, 0.5) is 5.13 Å². The maximum atomic E-state index is 12.0. The minimum atomic E-state index is -0.119. The Morgan fingerprint density at radius 2 is 1.84 bits per heavy atom. The first-order valence-electron chi connectivity index (χ1n) is 7.81. The highest BCUT2D eigenvalue weighted by Gasteiger charge is 2.07. The van der Waals surface area contributed by atoms with Crippen LogP contribution in [0.25, 0.3) is 11.4 Å². The first kappa shape index (κ1) is 16.9. The summed E-state index contributed by atoms with van der Waals surface area (Å²) in [5.74, 6) is 1.31. The van der Waals surface area contributed by atoms with Crippen LogP contribution in [0.3, 0.4) is 0 Å². The van der Waals surface area contributed by atoms with Crippen LogP contribution >= 0.6 is 11.5 Å². The van der Waals surface area contributed by atoms with Crippen LogP contribution in [0.15, 0.2) is 54.6 Å². The quantitative estimate of drug-likeness (QED) is 0.638. The molecule has 1 heterocycles. The van der Waals surface area contributed by atoms with Crippen LogP contribution < -0.4 is 15.4 Å². The lowest BCUT2D eigenvalue weighted by molar-refractivity contribution is 0.0955. The Morgan fingerprint density at radius 1 is 1.08 bits per heavy atom. The summed E-state index contributed by atoms with van der Waals surface area (Å²) in [6.45, 7) is 1.07. The molecule has 0 spiro atoms. The van der Waals surface area contributed by atoms with Crippen LogP contribution in [0.2, 0.25) is 0 Å². The average molecular weight is 354 g/mol. The standard InChI is InChI=1S/C18H18N4O2S/c1-24-15-9-7-14(8-10-15)17(23)19-11-12-20-18-21-16(22-25-18)13-5-3-2-4-6-13/h2-10H,11-12H2,1H3,(H,19,23)(H,20,21,22). The second-order valence-corrected chi connectivity index (χ2v) is 5.95. The zero-order chi connectivity index (χ0) is 17.5. The smallest absolute Gasteiger partial charge is 0.251 e. The number of carbonyl (C=O) groups excluding carboxylic acids is 1. The molecule has 3 rings (SSSR count). The molecule has 1 aromatic heterocycles. The lowest BCUT2D eigenvalue weighted by Crippen LogP contribution is -2.28. The van der Waals surface area contributed by atoms with E-state index in [0.717, 1.165) is 16.4 Å². The predicted molar refractivity (Wildman–Crippen MR) is 99.2 cm³/mol. The van der Waals surface area contributed by atoms with Crippen molar-refractivity contribution in [2.24, 2.45) is 0 Å². The maximum absolute atomic E-state index is 12.0. The molecule has 0 bridgehead atoms. The largest absolute Gasteiger partial charge is 0.497 e. The van der Waals surface area contributed by atoms with Crippen LogP contribution in [0.5, 0.6) is 5.75 Å². The van der Waals surface area contributed by atoms with Gasteiger partial charge in [0, 0.05) is 35.7 Å². The number of amides is 1. The Kier molecular flexibility index (Phi) is 5.58. The third-order valence-corrected chi connectivity index (χ3v) is 4.17. The molecule has 0 fully saturated rings. The summed E-state index contributed by atoms with van der Waals surface area (Å²) in [7, 11) is 1.59. The number of anilines is 1. The van der Waals surface area contributed by atoms with Gasteiger partial charge in [-0.15, -0.1) is 0 Å². The van der Waals surface area contributed by atoms with Gasteiger partial charge in [-0.3, -0.25) is 4.79 Å². The van der Waals surface area contributed by atoms with Crippen molar-refractivity contribution >= 4 is 22.6 Å². The van der Waals surface area contributed by atoms with Gasteiger partial charge in [0.05, 0.1) is 7.11 Å². The Balaban J connectivity index is 1.45. The van der Waals surface area contributed by atoms with E-state index in [1.54, 1.807) is 31.4 Å². The van der Waals surface area contributed by atoms with Crippen molar-refractivity contribution < 1.29 is 9.53 Å². The Hall–Kier alpha value is -2.93.